The highest BCUT2D eigenvalue weighted by molar-refractivity contribution is 7.93. The van der Waals surface area contributed by atoms with E-state index in [1.165, 1.54) is 23.1 Å². The van der Waals surface area contributed by atoms with Crippen molar-refractivity contribution >= 4 is 44.6 Å². The topological polar surface area (TPSA) is 93.1 Å². The molecule has 1 aromatic carbocycles. The third kappa shape index (κ3) is 4.49. The van der Waals surface area contributed by atoms with E-state index in [1.54, 1.807) is 37.6 Å². The quantitative estimate of drug-likeness (QED) is 0.634. The predicted octanol–water partition coefficient (Wildman–Crippen LogP) is 3.43. The van der Waals surface area contributed by atoms with Crippen LogP contribution in [0, 0.1) is 0 Å². The third-order valence-electron chi connectivity index (χ3n) is 3.78. The largest absolute Gasteiger partial charge is 0.345 e. The minimum atomic E-state index is -3.91. The van der Waals surface area contributed by atoms with E-state index in [2.05, 4.69) is 15.1 Å². The summed E-state index contributed by atoms with van der Waals surface area (Å²) in [5.41, 5.74) is 1.15. The van der Waals surface area contributed by atoms with E-state index in [1.807, 2.05) is 6.07 Å². The Bertz CT molecular complexity index is 1080. The molecule has 27 heavy (non-hydrogen) atoms. The molecule has 1 amide bonds. The highest BCUT2D eigenvalue weighted by Crippen LogP contribution is 2.25. The number of carbonyl (C=O) groups is 1. The molecule has 0 fully saturated rings. The van der Waals surface area contributed by atoms with Gasteiger partial charge in [0.2, 0.25) is 0 Å². The lowest BCUT2D eigenvalue weighted by atomic mass is 10.1. The summed E-state index contributed by atoms with van der Waals surface area (Å²) in [7, 11) is -2.24. The maximum atomic E-state index is 12.7. The van der Waals surface area contributed by atoms with Crippen LogP contribution in [0.15, 0.2) is 53.0 Å². The van der Waals surface area contributed by atoms with Gasteiger partial charge in [-0.15, -0.1) is 11.3 Å². The van der Waals surface area contributed by atoms with Crippen molar-refractivity contribution in [2.75, 3.05) is 4.72 Å². The summed E-state index contributed by atoms with van der Waals surface area (Å²) in [4.78, 5) is 12.7. The Morgan fingerprint density at radius 1 is 1.33 bits per heavy atom. The number of nitrogens with one attached hydrogen (secondary N) is 2. The fourth-order valence-corrected chi connectivity index (χ4v) is 5.04. The molecule has 0 aliphatic carbocycles. The molecule has 2 aromatic heterocycles. The number of benzene rings is 1. The van der Waals surface area contributed by atoms with Crippen LogP contribution in [0.25, 0.3) is 0 Å². The first-order valence-corrected chi connectivity index (χ1v) is 10.7. The summed E-state index contributed by atoms with van der Waals surface area (Å²) in [6.07, 6.45) is 2.93. The van der Waals surface area contributed by atoms with Crippen LogP contribution in [0.4, 0.5) is 5.69 Å². The molecule has 0 radical (unpaired) electrons. The van der Waals surface area contributed by atoms with Crippen molar-refractivity contribution in [3.05, 3.63) is 63.6 Å². The summed E-state index contributed by atoms with van der Waals surface area (Å²) in [5.74, 6) is -0.468. The Morgan fingerprint density at radius 2 is 2.11 bits per heavy atom. The van der Waals surface area contributed by atoms with Crippen LogP contribution < -0.4 is 10.0 Å². The number of carbonyl (C=O) groups excluding carboxylic acids is 1. The van der Waals surface area contributed by atoms with Crippen LogP contribution in [-0.2, 0) is 17.1 Å². The average Bonchev–Trinajstić information content (AvgIpc) is 3.24. The van der Waals surface area contributed by atoms with Crippen molar-refractivity contribution in [2.24, 2.45) is 7.05 Å². The van der Waals surface area contributed by atoms with Crippen molar-refractivity contribution in [1.29, 1.82) is 0 Å². The van der Waals surface area contributed by atoms with E-state index in [9.17, 15) is 13.2 Å². The zero-order chi connectivity index (χ0) is 19.6. The number of thiophene rings is 1. The van der Waals surface area contributed by atoms with Crippen molar-refractivity contribution in [3.8, 4) is 0 Å². The third-order valence-corrected chi connectivity index (χ3v) is 6.48. The zero-order valence-electron chi connectivity index (χ0n) is 14.5. The number of anilines is 1. The lowest BCUT2D eigenvalue weighted by Crippen LogP contribution is -2.27. The number of aryl methyl sites for hydroxylation is 1. The van der Waals surface area contributed by atoms with Crippen LogP contribution in [0.5, 0.6) is 0 Å². The Morgan fingerprint density at radius 3 is 2.78 bits per heavy atom. The number of hydrogen-bond donors (Lipinski definition) is 2. The van der Waals surface area contributed by atoms with Crippen LogP contribution >= 0.6 is 22.9 Å². The number of nitrogens with zero attached hydrogens (tertiary/aromatic N) is 2. The fraction of sp³-hybridized carbons (Fsp3) is 0.176. The van der Waals surface area contributed by atoms with Gasteiger partial charge in [0.15, 0.2) is 0 Å². The van der Waals surface area contributed by atoms with Gasteiger partial charge >= 0.3 is 0 Å². The highest BCUT2D eigenvalue weighted by atomic mass is 35.5. The highest BCUT2D eigenvalue weighted by Gasteiger charge is 2.25. The molecule has 0 aliphatic heterocycles. The zero-order valence-corrected chi connectivity index (χ0v) is 16.9. The lowest BCUT2D eigenvalue weighted by Gasteiger charge is -2.15. The minimum absolute atomic E-state index is 0.0767. The van der Waals surface area contributed by atoms with Gasteiger partial charge in [-0.05, 0) is 36.1 Å². The number of hydrogen-bond acceptors (Lipinski definition) is 5. The molecule has 142 valence electrons. The maximum Gasteiger partial charge on any atom is 0.263 e. The summed E-state index contributed by atoms with van der Waals surface area (Å²) >= 11 is 7.05. The Hall–Kier alpha value is -2.36. The van der Waals surface area contributed by atoms with Crippen molar-refractivity contribution < 1.29 is 13.2 Å². The molecule has 0 saturated heterocycles. The van der Waals surface area contributed by atoms with Crippen LogP contribution in [0.1, 0.15) is 28.2 Å². The molecule has 3 aromatic rings. The van der Waals surface area contributed by atoms with Gasteiger partial charge < -0.3 is 5.32 Å². The predicted molar refractivity (Wildman–Crippen MR) is 106 cm³/mol. The monoisotopic (exact) mass is 424 g/mol. The van der Waals surface area contributed by atoms with Gasteiger partial charge in [0, 0.05) is 18.3 Å². The average molecular weight is 425 g/mol. The number of sulfonamides is 1. The van der Waals surface area contributed by atoms with Gasteiger partial charge in [-0.2, -0.15) is 5.10 Å². The van der Waals surface area contributed by atoms with E-state index in [4.69, 9.17) is 11.6 Å². The first-order chi connectivity index (χ1) is 12.8. The first kappa shape index (κ1) is 19.4. The number of aromatic nitrogens is 2. The van der Waals surface area contributed by atoms with Crippen molar-refractivity contribution in [2.45, 2.75) is 17.9 Å². The van der Waals surface area contributed by atoms with E-state index in [-0.39, 0.29) is 15.8 Å². The lowest BCUT2D eigenvalue weighted by molar-refractivity contribution is 0.0941. The summed E-state index contributed by atoms with van der Waals surface area (Å²) in [6, 6.07) is 8.20. The molecule has 7 nitrogen and oxygen atoms in total. The molecule has 1 atom stereocenters. The van der Waals surface area contributed by atoms with Crippen molar-refractivity contribution in [1.82, 2.24) is 15.1 Å². The molecule has 2 N–H and O–H groups in total. The molecule has 0 unspecified atom stereocenters. The van der Waals surface area contributed by atoms with Crippen LogP contribution in [0.2, 0.25) is 5.02 Å². The Labute approximate surface area is 166 Å². The number of amides is 1. The van der Waals surface area contributed by atoms with Crippen LogP contribution in [-0.4, -0.2) is 24.1 Å². The van der Waals surface area contributed by atoms with E-state index in [0.717, 1.165) is 16.9 Å². The SMILES string of the molecule is C[C@@H](NC(=O)c1sccc1S(=O)(=O)Nc1cnn(C)c1)c1cccc(Cl)c1. The first-order valence-electron chi connectivity index (χ1n) is 7.91. The Kier molecular flexibility index (Phi) is 5.54. The van der Waals surface area contributed by atoms with E-state index >= 15 is 0 Å². The molecule has 3 rings (SSSR count). The van der Waals surface area contributed by atoms with Gasteiger partial charge in [0.1, 0.15) is 9.77 Å². The number of rotatable bonds is 6. The van der Waals surface area contributed by atoms with E-state index in [0.29, 0.717) is 10.7 Å². The maximum absolute atomic E-state index is 12.7. The van der Waals surface area contributed by atoms with Gasteiger partial charge in [-0.3, -0.25) is 14.2 Å². The molecule has 0 spiro atoms. The van der Waals surface area contributed by atoms with Gasteiger partial charge in [-0.25, -0.2) is 8.42 Å². The molecule has 10 heteroatoms. The second kappa shape index (κ2) is 7.71. The Balaban J connectivity index is 1.80. The van der Waals surface area contributed by atoms with Crippen LogP contribution in [0.3, 0.4) is 0 Å². The van der Waals surface area contributed by atoms with E-state index < -0.39 is 15.9 Å². The molecule has 2 heterocycles. The fourth-order valence-electron chi connectivity index (χ4n) is 2.48. The van der Waals surface area contributed by atoms with Gasteiger partial charge in [0.05, 0.1) is 17.9 Å². The summed E-state index contributed by atoms with van der Waals surface area (Å²) in [5, 5.41) is 8.86. The van der Waals surface area contributed by atoms with Gasteiger partial charge in [-0.1, -0.05) is 23.7 Å². The molecule has 0 bridgehead atoms. The smallest absolute Gasteiger partial charge is 0.263 e. The summed E-state index contributed by atoms with van der Waals surface area (Å²) in [6.45, 7) is 1.80. The second-order valence-electron chi connectivity index (χ2n) is 5.87. The summed E-state index contributed by atoms with van der Waals surface area (Å²) < 4.78 is 29.2. The van der Waals surface area contributed by atoms with Gasteiger partial charge in [0.25, 0.3) is 15.9 Å². The second-order valence-corrected chi connectivity index (χ2v) is 8.88. The normalized spacial score (nSPS) is 12.6. The number of halogens is 1. The molecular weight excluding hydrogens is 408 g/mol. The standard InChI is InChI=1S/C17H17ClN4O3S2/c1-11(12-4-3-5-13(18)8-12)20-17(23)16-15(6-7-26-16)27(24,25)21-14-9-19-22(2)10-14/h3-11,21H,1-2H3,(H,20,23)/t11-/m1/s1. The molecular formula is C17H17ClN4O3S2. The molecule has 0 aliphatic rings. The minimum Gasteiger partial charge on any atom is -0.345 e. The molecule has 0 saturated carbocycles. The van der Waals surface area contributed by atoms with Crippen molar-refractivity contribution in [3.63, 3.8) is 0 Å².